The van der Waals surface area contributed by atoms with E-state index in [-0.39, 0.29) is 11.2 Å². The van der Waals surface area contributed by atoms with Crippen molar-refractivity contribution in [2.45, 2.75) is 6.92 Å². The van der Waals surface area contributed by atoms with Crippen LogP contribution in [0.25, 0.3) is 0 Å². The third-order valence-corrected chi connectivity index (χ3v) is 3.30. The summed E-state index contributed by atoms with van der Waals surface area (Å²) in [5.41, 5.74) is 1.34. The Morgan fingerprint density at radius 3 is 2.65 bits per heavy atom. The highest BCUT2D eigenvalue weighted by molar-refractivity contribution is 8.14. The monoisotopic (exact) mass is 251 g/mol. The second-order valence-corrected chi connectivity index (χ2v) is 4.58. The molecule has 17 heavy (non-hydrogen) atoms. The number of amides is 1. The van der Waals surface area contributed by atoms with Crippen LogP contribution in [0.1, 0.15) is 17.3 Å². The van der Waals surface area contributed by atoms with E-state index in [9.17, 15) is 9.59 Å². The van der Waals surface area contributed by atoms with Crippen molar-refractivity contribution in [1.82, 2.24) is 0 Å². The number of anilines is 1. The largest absolute Gasteiger partial charge is 0.462 e. The second-order valence-electron chi connectivity index (χ2n) is 3.53. The van der Waals surface area contributed by atoms with Gasteiger partial charge in [0, 0.05) is 18.0 Å². The van der Waals surface area contributed by atoms with Crippen molar-refractivity contribution in [3.05, 3.63) is 29.8 Å². The van der Waals surface area contributed by atoms with E-state index in [1.165, 1.54) is 11.8 Å². The van der Waals surface area contributed by atoms with Crippen LogP contribution in [-0.2, 0) is 4.74 Å². The fourth-order valence-electron chi connectivity index (χ4n) is 1.62. The number of thioether (sulfide) groups is 1. The average Bonchev–Trinajstić information content (AvgIpc) is 2.76. The summed E-state index contributed by atoms with van der Waals surface area (Å²) in [4.78, 5) is 24.6. The summed E-state index contributed by atoms with van der Waals surface area (Å²) >= 11 is 1.31. The number of ether oxygens (including phenoxy) is 1. The molecule has 1 aromatic carbocycles. The predicted molar refractivity (Wildman–Crippen MR) is 67.6 cm³/mol. The van der Waals surface area contributed by atoms with Gasteiger partial charge in [0.05, 0.1) is 12.2 Å². The highest BCUT2D eigenvalue weighted by Gasteiger charge is 2.22. The molecule has 1 aromatic rings. The van der Waals surface area contributed by atoms with E-state index in [1.54, 1.807) is 36.1 Å². The van der Waals surface area contributed by atoms with Crippen molar-refractivity contribution < 1.29 is 14.3 Å². The van der Waals surface area contributed by atoms with Crippen molar-refractivity contribution in [3.8, 4) is 0 Å². The minimum Gasteiger partial charge on any atom is -0.462 e. The summed E-state index contributed by atoms with van der Waals surface area (Å²) in [7, 11) is 0. The van der Waals surface area contributed by atoms with Crippen LogP contribution in [0, 0.1) is 0 Å². The summed E-state index contributed by atoms with van der Waals surface area (Å²) < 4.78 is 4.89. The highest BCUT2D eigenvalue weighted by Crippen LogP contribution is 2.25. The van der Waals surface area contributed by atoms with Crippen LogP contribution >= 0.6 is 11.8 Å². The van der Waals surface area contributed by atoms with Crippen LogP contribution in [-0.4, -0.2) is 30.1 Å². The molecule has 1 aliphatic rings. The van der Waals surface area contributed by atoms with Crippen LogP contribution in [0.2, 0.25) is 0 Å². The number of carbonyl (C=O) groups excluding carboxylic acids is 2. The lowest BCUT2D eigenvalue weighted by Gasteiger charge is -2.14. The maximum Gasteiger partial charge on any atom is 0.338 e. The standard InChI is InChI=1S/C12H13NO3S/c1-2-16-11(14)9-3-5-10(6-4-9)13-7-8-17-12(13)15/h3-6H,2,7-8H2,1H3. The zero-order valence-corrected chi connectivity index (χ0v) is 10.3. The minimum absolute atomic E-state index is 0.0638. The number of rotatable bonds is 3. The molecule has 90 valence electrons. The van der Waals surface area contributed by atoms with Crippen molar-refractivity contribution >= 4 is 28.7 Å². The van der Waals surface area contributed by atoms with Gasteiger partial charge in [0.2, 0.25) is 0 Å². The molecule has 1 fully saturated rings. The quantitative estimate of drug-likeness (QED) is 0.774. The zero-order valence-electron chi connectivity index (χ0n) is 9.51. The van der Waals surface area contributed by atoms with Crippen molar-refractivity contribution in [1.29, 1.82) is 0 Å². The first kappa shape index (κ1) is 12.0. The van der Waals surface area contributed by atoms with Crippen LogP contribution in [0.15, 0.2) is 24.3 Å². The molecule has 0 spiro atoms. The van der Waals surface area contributed by atoms with Gasteiger partial charge >= 0.3 is 5.97 Å². The molecular formula is C12H13NO3S. The van der Waals surface area contributed by atoms with Crippen molar-refractivity contribution in [2.24, 2.45) is 0 Å². The number of nitrogens with zero attached hydrogens (tertiary/aromatic N) is 1. The van der Waals surface area contributed by atoms with Gasteiger partial charge in [-0.05, 0) is 31.2 Å². The van der Waals surface area contributed by atoms with E-state index >= 15 is 0 Å². The Balaban J connectivity index is 2.12. The molecular weight excluding hydrogens is 238 g/mol. The Morgan fingerprint density at radius 2 is 2.12 bits per heavy atom. The SMILES string of the molecule is CCOC(=O)c1ccc(N2CCSC2=O)cc1. The molecule has 5 heteroatoms. The van der Waals surface area contributed by atoms with Crippen molar-refractivity contribution in [3.63, 3.8) is 0 Å². The molecule has 0 aromatic heterocycles. The fraction of sp³-hybridized carbons (Fsp3) is 0.333. The van der Waals surface area contributed by atoms with Gasteiger partial charge in [0.1, 0.15) is 0 Å². The Morgan fingerprint density at radius 1 is 1.41 bits per heavy atom. The molecule has 0 aliphatic carbocycles. The molecule has 0 N–H and O–H groups in total. The zero-order chi connectivity index (χ0) is 12.3. The van der Waals surface area contributed by atoms with E-state index in [4.69, 9.17) is 4.74 Å². The van der Waals surface area contributed by atoms with Crippen LogP contribution in [0.5, 0.6) is 0 Å². The first-order valence-electron chi connectivity index (χ1n) is 5.44. The molecule has 0 atom stereocenters. The first-order chi connectivity index (χ1) is 8.22. The van der Waals surface area contributed by atoms with Gasteiger partial charge in [-0.3, -0.25) is 4.79 Å². The second kappa shape index (κ2) is 5.23. The normalized spacial score (nSPS) is 15.1. The van der Waals surface area contributed by atoms with Gasteiger partial charge in [-0.1, -0.05) is 11.8 Å². The van der Waals surface area contributed by atoms with E-state index < -0.39 is 0 Å². The van der Waals surface area contributed by atoms with Gasteiger partial charge in [-0.25, -0.2) is 4.79 Å². The van der Waals surface area contributed by atoms with E-state index in [2.05, 4.69) is 0 Å². The Kier molecular flexibility index (Phi) is 3.68. The summed E-state index contributed by atoms with van der Waals surface area (Å²) in [6.07, 6.45) is 0. The topological polar surface area (TPSA) is 46.6 Å². The molecule has 0 bridgehead atoms. The summed E-state index contributed by atoms with van der Waals surface area (Å²) in [5, 5.41) is 0.0638. The molecule has 1 heterocycles. The highest BCUT2D eigenvalue weighted by atomic mass is 32.2. The van der Waals surface area contributed by atoms with E-state index in [0.717, 1.165) is 18.0 Å². The molecule has 1 amide bonds. The van der Waals surface area contributed by atoms with Crippen LogP contribution in [0.4, 0.5) is 10.5 Å². The first-order valence-corrected chi connectivity index (χ1v) is 6.42. The van der Waals surface area contributed by atoms with Gasteiger partial charge in [-0.15, -0.1) is 0 Å². The maximum atomic E-state index is 11.5. The third kappa shape index (κ3) is 2.61. The smallest absolute Gasteiger partial charge is 0.338 e. The molecule has 1 saturated heterocycles. The molecule has 1 aliphatic heterocycles. The number of carbonyl (C=O) groups is 2. The van der Waals surface area contributed by atoms with Gasteiger partial charge in [0.25, 0.3) is 5.24 Å². The number of benzene rings is 1. The molecule has 0 unspecified atom stereocenters. The number of esters is 1. The lowest BCUT2D eigenvalue weighted by molar-refractivity contribution is 0.0526. The lowest BCUT2D eigenvalue weighted by Crippen LogP contribution is -2.22. The maximum absolute atomic E-state index is 11.5. The minimum atomic E-state index is -0.332. The third-order valence-electron chi connectivity index (χ3n) is 2.45. The Bertz CT molecular complexity index is 430. The van der Waals surface area contributed by atoms with Gasteiger partial charge in [-0.2, -0.15) is 0 Å². The average molecular weight is 251 g/mol. The van der Waals surface area contributed by atoms with Crippen molar-refractivity contribution in [2.75, 3.05) is 23.8 Å². The number of hydrogen-bond donors (Lipinski definition) is 0. The van der Waals surface area contributed by atoms with Crippen LogP contribution < -0.4 is 4.90 Å². The molecule has 0 saturated carbocycles. The fourth-order valence-corrected chi connectivity index (χ4v) is 2.42. The summed E-state index contributed by atoms with van der Waals surface area (Å²) in [5.74, 6) is 0.486. The van der Waals surface area contributed by atoms with Gasteiger partial charge < -0.3 is 9.64 Å². The summed E-state index contributed by atoms with van der Waals surface area (Å²) in [6.45, 7) is 2.86. The Labute approximate surface area is 104 Å². The predicted octanol–water partition coefficient (Wildman–Crippen LogP) is 2.54. The van der Waals surface area contributed by atoms with Gasteiger partial charge in [0.15, 0.2) is 0 Å². The molecule has 4 nitrogen and oxygen atoms in total. The van der Waals surface area contributed by atoms with Crippen LogP contribution in [0.3, 0.4) is 0 Å². The Hall–Kier alpha value is -1.49. The van der Waals surface area contributed by atoms with E-state index in [1.807, 2.05) is 0 Å². The molecule has 2 rings (SSSR count). The lowest BCUT2D eigenvalue weighted by atomic mass is 10.2. The molecule has 0 radical (unpaired) electrons. The van der Waals surface area contributed by atoms with E-state index in [0.29, 0.717) is 12.2 Å². The summed E-state index contributed by atoms with van der Waals surface area (Å²) in [6, 6.07) is 6.92. The number of hydrogen-bond acceptors (Lipinski definition) is 4.